The number of carboxylic acid groups (broad SMARTS) is 1. The van der Waals surface area contributed by atoms with Crippen molar-refractivity contribution in [2.45, 2.75) is 27.3 Å². The molecule has 6 heteroatoms. The molecule has 18 heavy (non-hydrogen) atoms. The van der Waals surface area contributed by atoms with Crippen LogP contribution in [-0.2, 0) is 11.2 Å². The Morgan fingerprint density at radius 1 is 1.28 bits per heavy atom. The first-order valence-electron chi connectivity index (χ1n) is 5.66. The maximum absolute atomic E-state index is 10.8. The van der Waals surface area contributed by atoms with Crippen LogP contribution in [0.25, 0.3) is 0 Å². The van der Waals surface area contributed by atoms with Crippen LogP contribution >= 0.6 is 0 Å². The van der Waals surface area contributed by atoms with Crippen LogP contribution in [0.2, 0.25) is 14.8 Å². The Hall–Kier alpha value is -0.951. The van der Waals surface area contributed by atoms with Crippen molar-refractivity contribution in [3.05, 3.63) is 17.7 Å². The monoisotopic (exact) mass is 361 g/mol. The molecule has 1 aromatic carbocycles. The van der Waals surface area contributed by atoms with Gasteiger partial charge in [0.2, 0.25) is 0 Å². The molecule has 100 valence electrons. The number of aromatic hydroxyl groups is 2. The summed E-state index contributed by atoms with van der Waals surface area (Å²) in [4.78, 5) is 17.2. The van der Waals surface area contributed by atoms with Gasteiger partial charge < -0.3 is 0 Å². The van der Waals surface area contributed by atoms with Gasteiger partial charge in [0.25, 0.3) is 0 Å². The Kier molecular flexibility index (Phi) is 4.50. The van der Waals surface area contributed by atoms with Crippen LogP contribution in [0.15, 0.2) is 12.1 Å². The van der Waals surface area contributed by atoms with Gasteiger partial charge in [0.1, 0.15) is 0 Å². The van der Waals surface area contributed by atoms with Crippen molar-refractivity contribution >= 4 is 27.9 Å². The molecule has 0 bridgehead atoms. The van der Waals surface area contributed by atoms with Gasteiger partial charge in [-0.25, -0.2) is 0 Å². The summed E-state index contributed by atoms with van der Waals surface area (Å²) in [6.07, 6.45) is 0.159. The molecule has 0 fully saturated rings. The second kappa shape index (κ2) is 5.36. The molecule has 0 aliphatic rings. The Balaban J connectivity index is 3.24. The summed E-state index contributed by atoms with van der Waals surface area (Å²) < 4.78 is 0.983. The second-order valence-corrected chi connectivity index (χ2v) is 19.8. The molecule has 0 aliphatic carbocycles. The van der Waals surface area contributed by atoms with E-state index in [0.29, 0.717) is 0 Å². The van der Waals surface area contributed by atoms with Gasteiger partial charge in [-0.1, -0.05) is 0 Å². The molecule has 1 aromatic rings. The standard InChI is InChI=1S/C9H10NO4.3CH3.Sn/c10-6(9(13)14)3-5-1-2-7(11)8(12)4-5;;;;/h2,4,6,11-12H,3,10H2,(H,13,14);3*1H3;/t6-;;;;/m0..../s1. The number of benzene rings is 1. The van der Waals surface area contributed by atoms with E-state index in [4.69, 9.17) is 10.8 Å². The third-order valence-corrected chi connectivity index (χ3v) is 8.71. The number of phenols is 2. The summed E-state index contributed by atoms with van der Waals surface area (Å²) in [5.41, 5.74) is 6.25. The van der Waals surface area contributed by atoms with Gasteiger partial charge >= 0.3 is 110 Å². The summed E-state index contributed by atoms with van der Waals surface area (Å²) in [5, 5.41) is 27.9. The zero-order chi connectivity index (χ0) is 14.1. The van der Waals surface area contributed by atoms with Crippen LogP contribution in [0.5, 0.6) is 11.5 Å². The zero-order valence-corrected chi connectivity index (χ0v) is 13.6. The molecular formula is C12H19NO4Sn. The number of nitrogens with two attached hydrogens (primary N) is 1. The van der Waals surface area contributed by atoms with Crippen molar-refractivity contribution in [3.8, 4) is 11.5 Å². The van der Waals surface area contributed by atoms with Gasteiger partial charge in [-0.05, 0) is 0 Å². The molecule has 0 radical (unpaired) electrons. The number of carboxylic acids is 1. The first-order chi connectivity index (χ1) is 8.12. The van der Waals surface area contributed by atoms with Crippen molar-refractivity contribution in [2.24, 2.45) is 5.73 Å². The molecule has 5 nitrogen and oxygen atoms in total. The van der Waals surface area contributed by atoms with Gasteiger partial charge in [0.05, 0.1) is 0 Å². The number of hydrogen-bond donors (Lipinski definition) is 4. The fraction of sp³-hybridized carbons (Fsp3) is 0.417. The first-order valence-corrected chi connectivity index (χ1v) is 15.7. The van der Waals surface area contributed by atoms with Gasteiger partial charge in [0.15, 0.2) is 0 Å². The molecule has 0 aliphatic heterocycles. The van der Waals surface area contributed by atoms with E-state index in [1.807, 2.05) is 0 Å². The van der Waals surface area contributed by atoms with E-state index in [1.54, 1.807) is 6.07 Å². The van der Waals surface area contributed by atoms with Crippen LogP contribution in [0.4, 0.5) is 0 Å². The molecular weight excluding hydrogens is 341 g/mol. The van der Waals surface area contributed by atoms with E-state index in [-0.39, 0.29) is 17.9 Å². The van der Waals surface area contributed by atoms with Crippen LogP contribution in [-0.4, -0.2) is 45.7 Å². The number of rotatable bonds is 4. The molecule has 0 saturated heterocycles. The van der Waals surface area contributed by atoms with Crippen LogP contribution in [0.3, 0.4) is 0 Å². The zero-order valence-electron chi connectivity index (χ0n) is 10.8. The van der Waals surface area contributed by atoms with E-state index < -0.39 is 30.4 Å². The second-order valence-electron chi connectivity index (χ2n) is 5.40. The Bertz CT molecular complexity index is 468. The molecule has 0 heterocycles. The summed E-state index contributed by atoms with van der Waals surface area (Å²) in [7, 11) is 0. The SMILES string of the molecule is [CH3][Sn]([CH3])([CH3])[c]1cc(O)c(O)cc1C[C@H](N)C(=O)O. The summed E-state index contributed by atoms with van der Waals surface area (Å²) in [6, 6.07) is 1.98. The Labute approximate surface area is 110 Å². The van der Waals surface area contributed by atoms with Crippen LogP contribution in [0.1, 0.15) is 5.56 Å². The van der Waals surface area contributed by atoms with Gasteiger partial charge in [0, 0.05) is 0 Å². The number of carbonyl (C=O) groups is 1. The van der Waals surface area contributed by atoms with Crippen molar-refractivity contribution < 1.29 is 20.1 Å². The molecule has 1 atom stereocenters. The quantitative estimate of drug-likeness (QED) is 0.465. The van der Waals surface area contributed by atoms with E-state index >= 15 is 0 Å². The van der Waals surface area contributed by atoms with Crippen LogP contribution in [0, 0.1) is 0 Å². The predicted octanol–water partition coefficient (Wildman–Crippen LogP) is 0.597. The molecule has 0 saturated carbocycles. The summed E-state index contributed by atoms with van der Waals surface area (Å²) in [5.74, 6) is -1.47. The van der Waals surface area contributed by atoms with Crippen molar-refractivity contribution in [1.82, 2.24) is 0 Å². The normalized spacial score (nSPS) is 13.3. The third-order valence-electron chi connectivity index (χ3n) is 2.77. The van der Waals surface area contributed by atoms with Crippen molar-refractivity contribution in [3.63, 3.8) is 0 Å². The van der Waals surface area contributed by atoms with E-state index in [2.05, 4.69) is 14.8 Å². The summed E-state index contributed by atoms with van der Waals surface area (Å²) in [6.45, 7) is 0. The number of aliphatic carboxylic acids is 1. The molecule has 0 amide bonds. The Morgan fingerprint density at radius 3 is 2.22 bits per heavy atom. The molecule has 0 unspecified atom stereocenters. The predicted molar refractivity (Wildman–Crippen MR) is 72.1 cm³/mol. The van der Waals surface area contributed by atoms with E-state index in [1.165, 1.54) is 6.07 Å². The van der Waals surface area contributed by atoms with E-state index in [9.17, 15) is 15.0 Å². The number of phenolic OH excluding ortho intramolecular Hbond substituents is 2. The topological polar surface area (TPSA) is 104 Å². The fourth-order valence-electron chi connectivity index (χ4n) is 1.81. The van der Waals surface area contributed by atoms with Gasteiger partial charge in [-0.2, -0.15) is 0 Å². The molecule has 1 rings (SSSR count). The Morgan fingerprint density at radius 2 is 1.78 bits per heavy atom. The first kappa shape index (κ1) is 15.1. The molecule has 0 spiro atoms. The minimum atomic E-state index is -2.51. The van der Waals surface area contributed by atoms with Gasteiger partial charge in [-0.15, -0.1) is 0 Å². The summed E-state index contributed by atoms with van der Waals surface area (Å²) >= 11 is -2.51. The fourth-order valence-corrected chi connectivity index (χ4v) is 6.68. The maximum atomic E-state index is 10.8. The minimum absolute atomic E-state index is 0.159. The van der Waals surface area contributed by atoms with E-state index in [0.717, 1.165) is 9.14 Å². The number of hydrogen-bond acceptors (Lipinski definition) is 4. The molecule has 5 N–H and O–H groups in total. The third kappa shape index (κ3) is 3.52. The molecule has 0 aromatic heterocycles. The van der Waals surface area contributed by atoms with Crippen molar-refractivity contribution in [1.29, 1.82) is 0 Å². The van der Waals surface area contributed by atoms with Crippen molar-refractivity contribution in [2.75, 3.05) is 0 Å². The average molecular weight is 360 g/mol. The average Bonchev–Trinajstić information content (AvgIpc) is 2.21. The van der Waals surface area contributed by atoms with Crippen LogP contribution < -0.4 is 9.31 Å². The van der Waals surface area contributed by atoms with Gasteiger partial charge in [-0.3, -0.25) is 0 Å².